The van der Waals surface area contributed by atoms with Gasteiger partial charge in [-0.25, -0.2) is 0 Å². The van der Waals surface area contributed by atoms with Gasteiger partial charge in [-0.3, -0.25) is 14.9 Å². The van der Waals surface area contributed by atoms with Gasteiger partial charge in [-0.1, -0.05) is 13.3 Å². The second kappa shape index (κ2) is 7.03. The quantitative estimate of drug-likeness (QED) is 0.653. The summed E-state index contributed by atoms with van der Waals surface area (Å²) in [5, 5.41) is 23.6. The smallest absolute Gasteiger partial charge is 0.269 e. The third-order valence-corrected chi connectivity index (χ3v) is 5.79. The van der Waals surface area contributed by atoms with Crippen molar-refractivity contribution in [2.75, 3.05) is 5.32 Å². The maximum Gasteiger partial charge on any atom is 0.269 e. The van der Waals surface area contributed by atoms with E-state index in [-0.39, 0.29) is 11.6 Å². The van der Waals surface area contributed by atoms with Gasteiger partial charge < -0.3 is 5.32 Å². The number of hydrogen-bond acceptors (Lipinski definition) is 5. The Labute approximate surface area is 149 Å². The van der Waals surface area contributed by atoms with Crippen LogP contribution in [0.5, 0.6) is 0 Å². The molecule has 25 heavy (non-hydrogen) atoms. The van der Waals surface area contributed by atoms with Crippen molar-refractivity contribution in [3.63, 3.8) is 0 Å². The van der Waals surface area contributed by atoms with Gasteiger partial charge >= 0.3 is 0 Å². The number of amides is 1. The predicted molar refractivity (Wildman–Crippen MR) is 95.9 cm³/mol. The molecule has 1 amide bonds. The van der Waals surface area contributed by atoms with Crippen LogP contribution >= 0.6 is 11.3 Å². The zero-order valence-electron chi connectivity index (χ0n) is 13.7. The number of hydrogen-bond donors (Lipinski definition) is 1. The highest BCUT2D eigenvalue weighted by atomic mass is 32.1. The molecule has 1 aromatic heterocycles. The number of non-ortho nitro benzene ring substituents is 1. The third kappa shape index (κ3) is 3.39. The molecule has 6 nitrogen and oxygen atoms in total. The molecular weight excluding hydrogens is 338 g/mol. The van der Waals surface area contributed by atoms with E-state index in [9.17, 15) is 20.2 Å². The van der Waals surface area contributed by atoms with Crippen LogP contribution in [0.25, 0.3) is 0 Å². The summed E-state index contributed by atoms with van der Waals surface area (Å²) in [5.41, 5.74) is 1.89. The van der Waals surface area contributed by atoms with E-state index >= 15 is 0 Å². The first-order valence-electron chi connectivity index (χ1n) is 8.14. The average molecular weight is 355 g/mol. The van der Waals surface area contributed by atoms with Crippen LogP contribution in [0.4, 0.5) is 10.7 Å². The normalized spacial score (nSPS) is 15.9. The number of nitro groups is 1. The lowest BCUT2D eigenvalue weighted by Crippen LogP contribution is -2.12. The number of rotatable bonds is 4. The molecule has 0 fully saturated rings. The minimum atomic E-state index is -0.507. The van der Waals surface area contributed by atoms with Crippen LogP contribution in [0.3, 0.4) is 0 Å². The molecule has 1 aromatic carbocycles. The standard InChI is InChI=1S/C18H17N3O3S/c1-2-11-3-8-14-15(10-19)18(25-16(14)9-11)20-17(22)12-4-6-13(7-5-12)21(23)24/h4-7,11H,2-3,8-9H2,1H3,(H,20,22). The van der Waals surface area contributed by atoms with Crippen LogP contribution in [0, 0.1) is 27.4 Å². The first kappa shape index (κ1) is 17.1. The zero-order chi connectivity index (χ0) is 18.0. The lowest BCUT2D eigenvalue weighted by atomic mass is 9.86. The Hall–Kier alpha value is -2.72. The number of nitro benzene ring substituents is 1. The van der Waals surface area contributed by atoms with Crippen LogP contribution in [0.15, 0.2) is 24.3 Å². The maximum absolute atomic E-state index is 12.4. The summed E-state index contributed by atoms with van der Waals surface area (Å²) in [6, 6.07) is 7.65. The van der Waals surface area contributed by atoms with Crippen LogP contribution in [-0.4, -0.2) is 10.8 Å². The van der Waals surface area contributed by atoms with Gasteiger partial charge in [-0.15, -0.1) is 11.3 Å². The number of nitrogens with one attached hydrogen (secondary N) is 1. The Morgan fingerprint density at radius 2 is 2.16 bits per heavy atom. The lowest BCUT2D eigenvalue weighted by Gasteiger charge is -2.20. The minimum absolute atomic E-state index is 0.0635. The number of thiophene rings is 1. The summed E-state index contributed by atoms with van der Waals surface area (Å²) in [6.07, 6.45) is 4.02. The first-order valence-corrected chi connectivity index (χ1v) is 8.95. The summed E-state index contributed by atoms with van der Waals surface area (Å²) >= 11 is 1.47. The molecule has 0 spiro atoms. The van der Waals surface area contributed by atoms with Crippen LogP contribution in [0.2, 0.25) is 0 Å². The second-order valence-corrected chi connectivity index (χ2v) is 7.20. The van der Waals surface area contributed by atoms with Crippen molar-refractivity contribution >= 4 is 27.9 Å². The summed E-state index contributed by atoms with van der Waals surface area (Å²) in [4.78, 5) is 23.8. The molecule has 0 aliphatic heterocycles. The molecule has 1 heterocycles. The number of anilines is 1. The highest BCUT2D eigenvalue weighted by Crippen LogP contribution is 2.40. The first-order chi connectivity index (χ1) is 12.0. The number of carbonyl (C=O) groups is 1. The molecule has 1 aliphatic carbocycles. The largest absolute Gasteiger partial charge is 0.312 e. The fraction of sp³-hybridized carbons (Fsp3) is 0.333. The van der Waals surface area contributed by atoms with E-state index in [0.29, 0.717) is 22.0 Å². The van der Waals surface area contributed by atoms with E-state index < -0.39 is 4.92 Å². The van der Waals surface area contributed by atoms with Crippen molar-refractivity contribution in [3.05, 3.63) is 55.9 Å². The molecule has 1 N–H and O–H groups in total. The minimum Gasteiger partial charge on any atom is -0.312 e. The maximum atomic E-state index is 12.4. The Morgan fingerprint density at radius 3 is 2.76 bits per heavy atom. The molecule has 0 saturated carbocycles. The van der Waals surface area contributed by atoms with Crippen LogP contribution in [-0.2, 0) is 12.8 Å². The highest BCUT2D eigenvalue weighted by Gasteiger charge is 2.26. The summed E-state index contributed by atoms with van der Waals surface area (Å²) in [7, 11) is 0. The van der Waals surface area contributed by atoms with Gasteiger partial charge in [-0.2, -0.15) is 5.26 Å². The molecule has 0 saturated heterocycles. The summed E-state index contributed by atoms with van der Waals surface area (Å²) in [6.45, 7) is 2.17. The van der Waals surface area contributed by atoms with Gasteiger partial charge in [0.2, 0.25) is 0 Å². The van der Waals surface area contributed by atoms with Gasteiger partial charge in [0.25, 0.3) is 11.6 Å². The number of nitrogens with zero attached hydrogens (tertiary/aromatic N) is 2. The number of benzene rings is 1. The average Bonchev–Trinajstić information content (AvgIpc) is 2.97. The van der Waals surface area contributed by atoms with Gasteiger partial charge in [0.15, 0.2) is 0 Å². The third-order valence-electron chi connectivity index (χ3n) is 4.62. The Bertz CT molecular complexity index is 865. The SMILES string of the molecule is CCC1CCc2c(sc(NC(=O)c3ccc([N+](=O)[O-])cc3)c2C#N)C1. The van der Waals surface area contributed by atoms with Crippen molar-refractivity contribution in [1.82, 2.24) is 0 Å². The van der Waals surface area contributed by atoms with Crippen molar-refractivity contribution in [1.29, 1.82) is 5.26 Å². The predicted octanol–water partition coefficient (Wildman–Crippen LogP) is 4.30. The van der Waals surface area contributed by atoms with Crippen molar-refractivity contribution in [3.8, 4) is 6.07 Å². The van der Waals surface area contributed by atoms with E-state index in [0.717, 1.165) is 31.2 Å². The van der Waals surface area contributed by atoms with Gasteiger partial charge in [0.05, 0.1) is 10.5 Å². The van der Waals surface area contributed by atoms with Gasteiger partial charge in [0.1, 0.15) is 11.1 Å². The molecule has 3 rings (SSSR count). The lowest BCUT2D eigenvalue weighted by molar-refractivity contribution is -0.384. The van der Waals surface area contributed by atoms with E-state index in [1.165, 1.54) is 40.5 Å². The molecule has 7 heteroatoms. The molecule has 1 unspecified atom stereocenters. The molecule has 0 radical (unpaired) electrons. The summed E-state index contributed by atoms with van der Waals surface area (Å²) < 4.78 is 0. The van der Waals surface area contributed by atoms with E-state index in [2.05, 4.69) is 18.3 Å². The molecule has 128 valence electrons. The molecule has 1 aliphatic rings. The van der Waals surface area contributed by atoms with E-state index in [1.807, 2.05) is 0 Å². The fourth-order valence-corrected chi connectivity index (χ4v) is 4.43. The van der Waals surface area contributed by atoms with E-state index in [1.54, 1.807) is 0 Å². The molecule has 1 atom stereocenters. The number of fused-ring (bicyclic) bond motifs is 1. The zero-order valence-corrected chi connectivity index (χ0v) is 14.6. The van der Waals surface area contributed by atoms with Crippen molar-refractivity contribution < 1.29 is 9.72 Å². The Morgan fingerprint density at radius 1 is 1.44 bits per heavy atom. The molecule has 0 bridgehead atoms. The Kier molecular flexibility index (Phi) is 4.81. The van der Waals surface area contributed by atoms with Crippen LogP contribution in [0.1, 0.15) is 46.1 Å². The number of nitriles is 1. The van der Waals surface area contributed by atoms with Gasteiger partial charge in [0, 0.05) is 22.6 Å². The monoisotopic (exact) mass is 355 g/mol. The van der Waals surface area contributed by atoms with E-state index in [4.69, 9.17) is 0 Å². The van der Waals surface area contributed by atoms with Crippen molar-refractivity contribution in [2.24, 2.45) is 5.92 Å². The molecule has 2 aromatic rings. The Balaban J connectivity index is 1.83. The summed E-state index contributed by atoms with van der Waals surface area (Å²) in [5.74, 6) is 0.271. The fourth-order valence-electron chi connectivity index (χ4n) is 3.12. The van der Waals surface area contributed by atoms with Gasteiger partial charge in [-0.05, 0) is 42.9 Å². The second-order valence-electron chi connectivity index (χ2n) is 6.09. The topological polar surface area (TPSA) is 96.0 Å². The number of carbonyl (C=O) groups excluding carboxylic acids is 1. The van der Waals surface area contributed by atoms with Crippen LogP contribution < -0.4 is 5.32 Å². The highest BCUT2D eigenvalue weighted by molar-refractivity contribution is 7.16. The molecular formula is C18H17N3O3S. The van der Waals surface area contributed by atoms with Crippen molar-refractivity contribution in [2.45, 2.75) is 32.6 Å².